The van der Waals surface area contributed by atoms with Gasteiger partial charge in [0.2, 0.25) is 0 Å². The normalized spacial score (nSPS) is 18.6. The van der Waals surface area contributed by atoms with Gasteiger partial charge in [-0.15, -0.1) is 5.10 Å². The van der Waals surface area contributed by atoms with Gasteiger partial charge >= 0.3 is 0 Å². The summed E-state index contributed by atoms with van der Waals surface area (Å²) in [7, 11) is 0. The summed E-state index contributed by atoms with van der Waals surface area (Å²) < 4.78 is 8.11. The monoisotopic (exact) mass is 391 g/mol. The van der Waals surface area contributed by atoms with Crippen molar-refractivity contribution >= 4 is 22.5 Å². The third-order valence-corrected chi connectivity index (χ3v) is 5.27. The Morgan fingerprint density at radius 3 is 2.55 bits per heavy atom. The van der Waals surface area contributed by atoms with E-state index in [0.29, 0.717) is 0 Å². The highest BCUT2D eigenvalue weighted by Crippen LogP contribution is 2.31. The Bertz CT molecular complexity index is 1200. The van der Waals surface area contributed by atoms with E-state index < -0.39 is 0 Å². The van der Waals surface area contributed by atoms with Crippen molar-refractivity contribution in [2.45, 2.75) is 45.8 Å². The quantitative estimate of drug-likeness (QED) is 0.564. The topological polar surface area (TPSA) is 84.2 Å². The zero-order valence-electron chi connectivity index (χ0n) is 17.4. The van der Waals surface area contributed by atoms with Crippen LogP contribution in [0.5, 0.6) is 0 Å². The molecule has 1 saturated heterocycles. The second-order valence-electron chi connectivity index (χ2n) is 9.01. The number of aryl methyl sites for hydroxylation is 1. The lowest BCUT2D eigenvalue weighted by Gasteiger charge is -2.47. The van der Waals surface area contributed by atoms with E-state index in [2.05, 4.69) is 58.8 Å². The van der Waals surface area contributed by atoms with Gasteiger partial charge in [-0.05, 0) is 52.8 Å². The van der Waals surface area contributed by atoms with Crippen LogP contribution in [-0.4, -0.2) is 54.1 Å². The number of imidazole rings is 1. The molecular weight excluding hydrogens is 366 g/mol. The van der Waals surface area contributed by atoms with Crippen LogP contribution >= 0.6 is 0 Å². The van der Waals surface area contributed by atoms with Gasteiger partial charge in [-0.25, -0.2) is 14.5 Å². The molecule has 5 heterocycles. The molecule has 0 amide bonds. The third-order valence-electron chi connectivity index (χ3n) is 5.27. The van der Waals surface area contributed by atoms with E-state index in [1.165, 1.54) is 0 Å². The highest BCUT2D eigenvalue weighted by molar-refractivity contribution is 5.82. The summed E-state index contributed by atoms with van der Waals surface area (Å²) in [5, 5.41) is 13.1. The molecule has 1 aliphatic rings. The van der Waals surface area contributed by atoms with Crippen LogP contribution < -0.4 is 4.90 Å². The van der Waals surface area contributed by atoms with Gasteiger partial charge in [0.05, 0.1) is 28.8 Å². The number of anilines is 1. The molecule has 4 aromatic heterocycles. The minimum absolute atomic E-state index is 0.246. The number of hydrogen-bond donors (Lipinski definition) is 1. The second-order valence-corrected chi connectivity index (χ2v) is 9.01. The van der Waals surface area contributed by atoms with Crippen molar-refractivity contribution in [3.63, 3.8) is 0 Å². The molecule has 0 aliphatic carbocycles. The van der Waals surface area contributed by atoms with Gasteiger partial charge < -0.3 is 9.64 Å². The molecule has 8 heteroatoms. The number of H-pyrrole nitrogens is 1. The maximum absolute atomic E-state index is 6.22. The Labute approximate surface area is 168 Å². The van der Waals surface area contributed by atoms with E-state index in [1.54, 1.807) is 0 Å². The number of ether oxygens (including phenoxy) is 1. The number of morpholine rings is 1. The Morgan fingerprint density at radius 2 is 1.79 bits per heavy atom. The molecule has 8 nitrogen and oxygen atoms in total. The van der Waals surface area contributed by atoms with Gasteiger partial charge in [0.15, 0.2) is 11.3 Å². The summed E-state index contributed by atoms with van der Waals surface area (Å²) >= 11 is 0. The molecule has 0 radical (unpaired) electrons. The molecule has 0 bridgehead atoms. The fraction of sp³-hybridized carbons (Fsp3) is 0.429. The van der Waals surface area contributed by atoms with Crippen LogP contribution in [0.1, 0.15) is 33.4 Å². The largest absolute Gasteiger partial charge is 0.366 e. The molecule has 1 N–H and O–H groups in total. The second kappa shape index (κ2) is 6.00. The van der Waals surface area contributed by atoms with E-state index in [4.69, 9.17) is 9.84 Å². The maximum atomic E-state index is 6.22. The summed E-state index contributed by atoms with van der Waals surface area (Å²) in [4.78, 5) is 11.3. The number of fused-ring (bicyclic) bond motifs is 2. The van der Waals surface area contributed by atoms with Crippen LogP contribution in [0.25, 0.3) is 27.9 Å². The molecule has 0 atom stereocenters. The van der Waals surface area contributed by atoms with Crippen molar-refractivity contribution in [2.75, 3.05) is 18.0 Å². The molecule has 0 aromatic carbocycles. The Morgan fingerprint density at radius 1 is 1.03 bits per heavy atom. The molecule has 0 spiro atoms. The van der Waals surface area contributed by atoms with Crippen LogP contribution in [0.15, 0.2) is 30.6 Å². The summed E-state index contributed by atoms with van der Waals surface area (Å²) in [5.74, 6) is 0.912. The standard InChI is InChI=1S/C21H25N7O/c1-13-15-8-14(9-23-19(15)25-24-13)16-10-22-17-6-7-18(26-28(16)17)27-11-20(2,3)29-21(4,5)12-27/h6-10H,11-12H2,1-5H3,(H,23,24,25). The smallest absolute Gasteiger partial charge is 0.155 e. The first-order valence-corrected chi connectivity index (χ1v) is 9.82. The zero-order valence-corrected chi connectivity index (χ0v) is 17.4. The van der Waals surface area contributed by atoms with Gasteiger partial charge in [0.1, 0.15) is 5.82 Å². The zero-order chi connectivity index (χ0) is 20.4. The fourth-order valence-electron chi connectivity index (χ4n) is 4.35. The molecule has 5 rings (SSSR count). The van der Waals surface area contributed by atoms with E-state index in [0.717, 1.165) is 52.5 Å². The molecule has 0 unspecified atom stereocenters. The van der Waals surface area contributed by atoms with E-state index >= 15 is 0 Å². The average Bonchev–Trinajstić information content (AvgIpc) is 3.22. The van der Waals surface area contributed by atoms with E-state index in [-0.39, 0.29) is 11.2 Å². The van der Waals surface area contributed by atoms with Gasteiger partial charge in [0.25, 0.3) is 0 Å². The maximum Gasteiger partial charge on any atom is 0.155 e. The lowest BCUT2D eigenvalue weighted by Crippen LogP contribution is -2.57. The minimum Gasteiger partial charge on any atom is -0.366 e. The number of nitrogens with one attached hydrogen (secondary N) is 1. The Balaban J connectivity index is 1.59. The highest BCUT2D eigenvalue weighted by Gasteiger charge is 2.38. The van der Waals surface area contributed by atoms with Crippen molar-refractivity contribution in [1.29, 1.82) is 0 Å². The molecule has 1 aliphatic heterocycles. The lowest BCUT2D eigenvalue weighted by molar-refractivity contribution is -0.133. The summed E-state index contributed by atoms with van der Waals surface area (Å²) in [6.07, 6.45) is 3.68. The lowest BCUT2D eigenvalue weighted by atomic mass is 9.99. The Kier molecular flexibility index (Phi) is 3.73. The predicted octanol–water partition coefficient (Wildman–Crippen LogP) is 3.37. The van der Waals surface area contributed by atoms with Crippen LogP contribution in [0.2, 0.25) is 0 Å². The number of aromatic amines is 1. The number of pyridine rings is 1. The van der Waals surface area contributed by atoms with Crippen molar-refractivity contribution < 1.29 is 4.74 Å². The first kappa shape index (κ1) is 18.1. The van der Waals surface area contributed by atoms with Crippen LogP contribution in [0, 0.1) is 6.92 Å². The predicted molar refractivity (Wildman–Crippen MR) is 112 cm³/mol. The molecular formula is C21H25N7O. The van der Waals surface area contributed by atoms with Gasteiger partial charge in [0, 0.05) is 30.2 Å². The van der Waals surface area contributed by atoms with Gasteiger partial charge in [-0.3, -0.25) is 5.10 Å². The van der Waals surface area contributed by atoms with Gasteiger partial charge in [-0.2, -0.15) is 5.10 Å². The number of rotatable bonds is 2. The van der Waals surface area contributed by atoms with Crippen LogP contribution in [-0.2, 0) is 4.74 Å². The SMILES string of the molecule is Cc1n[nH]c2ncc(-c3cnc4ccc(N5CC(C)(C)OC(C)(C)C5)nn34)cc12. The number of hydrogen-bond acceptors (Lipinski definition) is 6. The summed E-state index contributed by atoms with van der Waals surface area (Å²) in [6, 6.07) is 6.13. The molecule has 1 fully saturated rings. The minimum atomic E-state index is -0.246. The summed E-state index contributed by atoms with van der Waals surface area (Å²) in [5.41, 5.74) is 3.89. The number of aromatic nitrogens is 6. The average molecular weight is 391 g/mol. The van der Waals surface area contributed by atoms with Crippen molar-refractivity contribution in [3.05, 3.63) is 36.3 Å². The van der Waals surface area contributed by atoms with Crippen molar-refractivity contribution in [2.24, 2.45) is 0 Å². The van der Waals surface area contributed by atoms with Crippen LogP contribution in [0.3, 0.4) is 0 Å². The van der Waals surface area contributed by atoms with Crippen molar-refractivity contribution in [1.82, 2.24) is 29.8 Å². The molecule has 4 aromatic rings. The third kappa shape index (κ3) is 3.13. The first-order valence-electron chi connectivity index (χ1n) is 9.82. The summed E-state index contributed by atoms with van der Waals surface area (Å²) in [6.45, 7) is 12.0. The highest BCUT2D eigenvalue weighted by atomic mass is 16.5. The first-order chi connectivity index (χ1) is 13.7. The fourth-order valence-corrected chi connectivity index (χ4v) is 4.35. The molecule has 150 valence electrons. The van der Waals surface area contributed by atoms with Crippen molar-refractivity contribution in [3.8, 4) is 11.3 Å². The molecule has 0 saturated carbocycles. The van der Waals surface area contributed by atoms with Crippen LogP contribution in [0.4, 0.5) is 5.82 Å². The number of nitrogens with zero attached hydrogens (tertiary/aromatic N) is 6. The Hall–Kier alpha value is -3.00. The van der Waals surface area contributed by atoms with E-state index in [1.807, 2.05) is 36.0 Å². The van der Waals surface area contributed by atoms with E-state index in [9.17, 15) is 0 Å². The molecule has 29 heavy (non-hydrogen) atoms. The van der Waals surface area contributed by atoms with Gasteiger partial charge in [-0.1, -0.05) is 0 Å².